The molecule has 7 rings (SSSR count). The molecule has 32 nitrogen and oxygen atoms in total. The summed E-state index contributed by atoms with van der Waals surface area (Å²) in [5.41, 5.74) is 40.1. The number of likely N-dealkylation sites (tertiary alicyclic amines) is 3. The molecule has 2 aromatic rings. The fraction of sp³-hybridized carbons (Fsp3) is 0.610. The Morgan fingerprint density at radius 3 is 1.92 bits per heavy atom. The van der Waals surface area contributed by atoms with Gasteiger partial charge in [0.15, 0.2) is 17.9 Å². The lowest BCUT2D eigenvalue weighted by Gasteiger charge is -2.42. The molecule has 4 aliphatic heterocycles. The Morgan fingerprint density at radius 2 is 1.27 bits per heavy atom. The number of rotatable bonds is 30. The average Bonchev–Trinajstić information content (AvgIpc) is 1.43. The number of hydrogen-bond donors (Lipinski definition) is 15. The van der Waals surface area contributed by atoms with Gasteiger partial charge in [0.05, 0.1) is 25.3 Å². The van der Waals surface area contributed by atoms with E-state index in [1.165, 1.54) is 26.0 Å². The summed E-state index contributed by atoms with van der Waals surface area (Å²) in [6, 6.07) is -1.35. The number of nitrogens with one attached hydrogen (secondary N) is 5. The molecule has 0 unspecified atom stereocenters. The highest BCUT2D eigenvalue weighted by Crippen LogP contribution is 2.43. The number of benzene rings is 1. The molecule has 1 aromatic heterocycles. The monoisotopic (exact) mass is 1300 g/mol. The minimum atomic E-state index is -1.66. The van der Waals surface area contributed by atoms with Crippen molar-refractivity contribution in [3.63, 3.8) is 0 Å². The number of hydrogen-bond acceptors (Lipinski definition) is 17. The van der Waals surface area contributed by atoms with Crippen LogP contribution in [0, 0.1) is 5.92 Å². The van der Waals surface area contributed by atoms with Crippen molar-refractivity contribution in [1.29, 1.82) is 0 Å². The quantitative estimate of drug-likeness (QED) is 0.0198. The Hall–Kier alpha value is -8.69. The number of carbonyl (C=O) groups excluding carboxylic acids is 9. The molecule has 5 aliphatic rings. The van der Waals surface area contributed by atoms with E-state index in [0.29, 0.717) is 36.1 Å². The van der Waals surface area contributed by atoms with E-state index in [1.807, 2.05) is 6.07 Å². The van der Waals surface area contributed by atoms with Crippen molar-refractivity contribution in [3.8, 4) is 0 Å². The van der Waals surface area contributed by atoms with Gasteiger partial charge in [-0.1, -0.05) is 43.2 Å². The number of amides is 9. The van der Waals surface area contributed by atoms with Crippen molar-refractivity contribution in [2.75, 3.05) is 52.4 Å². The van der Waals surface area contributed by atoms with Crippen LogP contribution in [0.2, 0.25) is 0 Å². The topological polar surface area (TPSA) is 524 Å². The van der Waals surface area contributed by atoms with E-state index in [1.54, 1.807) is 35.7 Å². The number of aliphatic carboxylic acids is 1. The number of nitrogens with two attached hydrogens (primary N) is 7. The lowest BCUT2D eigenvalue weighted by Crippen LogP contribution is -2.60. The van der Waals surface area contributed by atoms with E-state index in [4.69, 9.17) is 40.1 Å². The Labute approximate surface area is 536 Å². The largest absolute Gasteiger partial charge is 0.480 e. The van der Waals surface area contributed by atoms with Gasteiger partial charge >= 0.3 is 5.97 Å². The van der Waals surface area contributed by atoms with Crippen LogP contribution < -0.4 is 66.7 Å². The van der Waals surface area contributed by atoms with Gasteiger partial charge in [-0.2, -0.15) is 0 Å². The van der Waals surface area contributed by atoms with Gasteiger partial charge in [-0.05, 0) is 106 Å². The van der Waals surface area contributed by atoms with Crippen LogP contribution in [0.1, 0.15) is 112 Å². The van der Waals surface area contributed by atoms with Gasteiger partial charge in [0.2, 0.25) is 47.3 Å². The number of fused-ring (bicyclic) bond motifs is 2. The van der Waals surface area contributed by atoms with E-state index in [9.17, 15) is 58.5 Å². The molecular weight excluding hydrogens is 1210 g/mol. The van der Waals surface area contributed by atoms with Crippen LogP contribution in [0.15, 0.2) is 56.8 Å². The third-order valence-electron chi connectivity index (χ3n) is 17.4. The van der Waals surface area contributed by atoms with Crippen LogP contribution in [0.5, 0.6) is 0 Å². The minimum absolute atomic E-state index is 0.00339. The molecule has 3 saturated heterocycles. The summed E-state index contributed by atoms with van der Waals surface area (Å²) in [6.45, 7) is -1.38. The van der Waals surface area contributed by atoms with E-state index in [-0.39, 0.29) is 127 Å². The summed E-state index contributed by atoms with van der Waals surface area (Å²) >= 11 is 1.27. The zero-order chi connectivity index (χ0) is 66.8. The molecular formula is C59H89N19O13S. The van der Waals surface area contributed by atoms with Gasteiger partial charge in [-0.15, -0.1) is 11.3 Å². The summed E-state index contributed by atoms with van der Waals surface area (Å²) in [5.74, 6) is -8.38. The number of aliphatic imine (C=N–C) groups is 3. The molecule has 92 heavy (non-hydrogen) atoms. The number of aliphatic hydroxyl groups is 2. The predicted octanol–water partition coefficient (Wildman–Crippen LogP) is -4.85. The fourth-order valence-corrected chi connectivity index (χ4v) is 13.7. The van der Waals surface area contributed by atoms with Crippen LogP contribution in [-0.4, -0.2) is 225 Å². The highest BCUT2D eigenvalue weighted by molar-refractivity contribution is 7.09. The van der Waals surface area contributed by atoms with E-state index >= 15 is 4.79 Å². The van der Waals surface area contributed by atoms with Crippen molar-refractivity contribution >= 4 is 88.3 Å². The van der Waals surface area contributed by atoms with Crippen molar-refractivity contribution in [2.24, 2.45) is 61.0 Å². The van der Waals surface area contributed by atoms with Crippen LogP contribution in [0.4, 0.5) is 0 Å². The molecule has 5 heterocycles. The number of aliphatic hydroxyl groups excluding tert-OH is 2. The lowest BCUT2D eigenvalue weighted by atomic mass is 9.84. The van der Waals surface area contributed by atoms with E-state index in [0.717, 1.165) is 23.3 Å². The zero-order valence-corrected chi connectivity index (χ0v) is 52.3. The summed E-state index contributed by atoms with van der Waals surface area (Å²) in [5, 5.41) is 46.8. The first-order chi connectivity index (χ1) is 44.0. The second-order valence-corrected chi connectivity index (χ2v) is 24.9. The normalized spacial score (nSPS) is 22.4. The van der Waals surface area contributed by atoms with Crippen LogP contribution in [0.25, 0.3) is 0 Å². The molecule has 0 bridgehead atoms. The van der Waals surface area contributed by atoms with Gasteiger partial charge in [-0.3, -0.25) is 58.1 Å². The SMILES string of the molecule is NC(N)=NCCC[C@@H](N)C(=O)N[C@@H](CCCN=C(N)N)C(=O)N1CCC[C@H]1C(=O)N1C[C@H](O)C[C@H]1C(=O)NCC(=O)N[C@@H](Cc1cccs1)C(=O)N[C@@H](CO)C(=O)N1CCc2ccccc2[C@@H]1C(=O)N1[C@H](C(=O)N[C@@H](CCCN=C(N)N)C(=O)O)C[C@@H]2CCCC[C@@H]21. The molecule has 1 aromatic carbocycles. The first-order valence-corrected chi connectivity index (χ1v) is 32.1. The predicted molar refractivity (Wildman–Crippen MR) is 338 cm³/mol. The van der Waals surface area contributed by atoms with Crippen molar-refractivity contribution < 1.29 is 63.3 Å². The second kappa shape index (κ2) is 33.6. The fourth-order valence-electron chi connectivity index (χ4n) is 13.0. The molecule has 33 heteroatoms. The Kier molecular flexibility index (Phi) is 25.8. The first-order valence-electron chi connectivity index (χ1n) is 31.2. The number of thiophene rings is 1. The van der Waals surface area contributed by atoms with Gasteiger partial charge in [0.1, 0.15) is 48.3 Å². The average molecular weight is 1300 g/mol. The molecule has 0 radical (unpaired) electrons. The Bertz CT molecular complexity index is 3050. The van der Waals surface area contributed by atoms with E-state index < -0.39 is 139 Å². The number of β-amino-alcohol motifs (C(OH)–C–C–N with tert-alkyl or cyclic N) is 1. The Morgan fingerprint density at radius 1 is 0.630 bits per heavy atom. The molecule has 1 aliphatic carbocycles. The summed E-state index contributed by atoms with van der Waals surface area (Å²) in [6.07, 6.45) is 3.65. The molecule has 22 N–H and O–H groups in total. The number of nitrogens with zero attached hydrogens (tertiary/aromatic N) is 7. The second-order valence-electron chi connectivity index (χ2n) is 23.9. The summed E-state index contributed by atoms with van der Waals surface area (Å²) < 4.78 is 0. The standard InChI is InChI=1S/C59H89N19O13S/c60-37(14-5-20-67-57(61)62)48(82)72-38(15-6-21-68-58(63)64)52(86)75-23-8-18-43(75)54(88)77-30-34(80)27-44(77)50(84)70-29-46(81)71-40(28-35-12-9-25-92-35)49(83)74-41(31-79)53(87)76-24-19-32-10-1-3-13-36(32)47(76)55(89)78-42-17-4-2-11-33(42)26-45(78)51(85)73-39(56(90)91)16-7-22-69-59(65)66/h1,3,9-10,12-13,25,33-34,37-45,47,79-80H,2,4-8,11,14-24,26-31,60H2,(H,70,84)(H,71,81)(H,72,82)(H,73,85)(H,74,83)(H,90,91)(H4,61,62,67)(H4,63,64,68)(H4,65,66,69)/t33-,34+,37+,38-,39-,40-,41-,42-,43-,44-,45-,47+/m0/s1. The maximum absolute atomic E-state index is 15.5. The van der Waals surface area contributed by atoms with Gasteiger partial charge < -0.3 is 102 Å². The first kappa shape index (κ1) is 70.8. The van der Waals surface area contributed by atoms with Crippen LogP contribution in [0.3, 0.4) is 0 Å². The summed E-state index contributed by atoms with van der Waals surface area (Å²) in [4.78, 5) is 159. The van der Waals surface area contributed by atoms with Crippen molar-refractivity contribution in [3.05, 3.63) is 57.8 Å². The number of guanidine groups is 3. The molecule has 504 valence electrons. The van der Waals surface area contributed by atoms with E-state index in [2.05, 4.69) is 41.6 Å². The van der Waals surface area contributed by atoms with Gasteiger partial charge in [0.25, 0.3) is 5.91 Å². The Balaban J connectivity index is 1.02. The molecule has 4 fully saturated rings. The van der Waals surface area contributed by atoms with Crippen LogP contribution in [-0.2, 0) is 60.8 Å². The molecule has 0 spiro atoms. The van der Waals surface area contributed by atoms with Crippen molar-refractivity contribution in [1.82, 2.24) is 46.2 Å². The summed E-state index contributed by atoms with van der Waals surface area (Å²) in [7, 11) is 0. The third-order valence-corrected chi connectivity index (χ3v) is 18.3. The third kappa shape index (κ3) is 18.7. The number of carbonyl (C=O) groups is 10. The maximum atomic E-state index is 15.5. The van der Waals surface area contributed by atoms with Crippen LogP contribution >= 0.6 is 11.3 Å². The number of carboxylic acid groups (broad SMARTS) is 1. The molecule has 12 atom stereocenters. The maximum Gasteiger partial charge on any atom is 0.326 e. The zero-order valence-electron chi connectivity index (χ0n) is 51.4. The smallest absolute Gasteiger partial charge is 0.326 e. The highest BCUT2D eigenvalue weighted by atomic mass is 32.1. The highest BCUT2D eigenvalue weighted by Gasteiger charge is 2.52. The lowest BCUT2D eigenvalue weighted by molar-refractivity contribution is -0.153. The molecule has 1 saturated carbocycles. The van der Waals surface area contributed by atoms with Crippen molar-refractivity contribution in [2.45, 2.75) is 169 Å². The molecule has 9 amide bonds. The number of carboxylic acids is 1. The minimum Gasteiger partial charge on any atom is -0.480 e. The van der Waals surface area contributed by atoms with Gasteiger partial charge in [-0.25, -0.2) is 4.79 Å². The van der Waals surface area contributed by atoms with Gasteiger partial charge in [0, 0.05) is 63.0 Å².